The van der Waals surface area contributed by atoms with Crippen LogP contribution in [-0.4, -0.2) is 33.2 Å². The summed E-state index contributed by atoms with van der Waals surface area (Å²) in [4.78, 5) is 34.9. The van der Waals surface area contributed by atoms with Gasteiger partial charge in [0, 0.05) is 10.9 Å². The number of rotatable bonds is 5. The molecule has 12 heteroatoms. The number of hydrogen-bond acceptors (Lipinski definition) is 9. The SMILES string of the molecule is COC(=O)c1cc(-c2[nH]nc3nc(C(C)c4oc5cccc(F)c5c(=O)c4-c4cccc(F)c4)nc(N)c23)cs1. The molecule has 0 radical (unpaired) electrons. The van der Waals surface area contributed by atoms with Crippen molar-refractivity contribution < 1.29 is 22.7 Å². The maximum absolute atomic E-state index is 14.7. The molecule has 4 heterocycles. The van der Waals surface area contributed by atoms with Crippen LogP contribution in [0.15, 0.2) is 63.1 Å². The van der Waals surface area contributed by atoms with Crippen LogP contribution < -0.4 is 11.2 Å². The number of fused-ring (bicyclic) bond motifs is 2. The van der Waals surface area contributed by atoms with Gasteiger partial charge in [-0.25, -0.2) is 23.5 Å². The Labute approximate surface area is 228 Å². The molecule has 0 spiro atoms. The monoisotopic (exact) mass is 559 g/mol. The molecular weight excluding hydrogens is 540 g/mol. The zero-order chi connectivity index (χ0) is 28.1. The molecule has 9 nitrogen and oxygen atoms in total. The highest BCUT2D eigenvalue weighted by Crippen LogP contribution is 2.36. The van der Waals surface area contributed by atoms with Crippen LogP contribution in [0.4, 0.5) is 14.6 Å². The number of thiophene rings is 1. The third kappa shape index (κ3) is 4.09. The quantitative estimate of drug-likeness (QED) is 0.259. The number of nitrogens with zero attached hydrogens (tertiary/aromatic N) is 3. The summed E-state index contributed by atoms with van der Waals surface area (Å²) < 4.78 is 39.7. The number of halogens is 2. The van der Waals surface area contributed by atoms with E-state index < -0.39 is 29.0 Å². The lowest BCUT2D eigenvalue weighted by Gasteiger charge is -2.16. The number of anilines is 1. The molecule has 3 N–H and O–H groups in total. The number of H-pyrrole nitrogens is 1. The van der Waals surface area contributed by atoms with E-state index in [1.165, 1.54) is 48.8 Å². The summed E-state index contributed by atoms with van der Waals surface area (Å²) in [5.41, 5.74) is 7.37. The van der Waals surface area contributed by atoms with Crippen molar-refractivity contribution in [1.82, 2.24) is 20.2 Å². The molecular formula is C28H19F2N5O4S. The van der Waals surface area contributed by atoms with Gasteiger partial charge in [-0.2, -0.15) is 5.10 Å². The summed E-state index contributed by atoms with van der Waals surface area (Å²) in [5.74, 6) is -2.16. The molecule has 0 saturated carbocycles. The molecule has 0 aliphatic carbocycles. The first-order valence-corrected chi connectivity index (χ1v) is 12.8. The number of aromatic nitrogens is 4. The summed E-state index contributed by atoms with van der Waals surface area (Å²) in [6.45, 7) is 1.70. The molecule has 0 amide bonds. The molecule has 0 aliphatic heterocycles. The third-order valence-electron chi connectivity index (χ3n) is 6.52. The minimum atomic E-state index is -0.766. The van der Waals surface area contributed by atoms with Crippen molar-refractivity contribution in [3.63, 3.8) is 0 Å². The number of esters is 1. The summed E-state index contributed by atoms with van der Waals surface area (Å²) in [5, 5.41) is 9.13. The van der Waals surface area contributed by atoms with E-state index in [0.717, 1.165) is 6.07 Å². The number of aromatic amines is 1. The lowest BCUT2D eigenvalue weighted by Crippen LogP contribution is -2.14. The highest BCUT2D eigenvalue weighted by atomic mass is 32.1. The molecule has 4 aromatic heterocycles. The molecule has 1 atom stereocenters. The minimum Gasteiger partial charge on any atom is -0.465 e. The lowest BCUT2D eigenvalue weighted by atomic mass is 9.95. The Bertz CT molecular complexity index is 2020. The van der Waals surface area contributed by atoms with Crippen molar-refractivity contribution in [2.45, 2.75) is 12.8 Å². The van der Waals surface area contributed by atoms with Crippen LogP contribution >= 0.6 is 11.3 Å². The number of ether oxygens (including phenoxy) is 1. The summed E-state index contributed by atoms with van der Waals surface area (Å²) in [6, 6.07) is 11.1. The van der Waals surface area contributed by atoms with Gasteiger partial charge in [0.1, 0.15) is 44.9 Å². The first-order valence-electron chi connectivity index (χ1n) is 12.0. The number of nitrogens with two attached hydrogens (primary N) is 1. The first kappa shape index (κ1) is 25.3. The van der Waals surface area contributed by atoms with Gasteiger partial charge in [0.2, 0.25) is 5.43 Å². The molecule has 2 aromatic carbocycles. The minimum absolute atomic E-state index is 0.0109. The smallest absolute Gasteiger partial charge is 0.348 e. The van der Waals surface area contributed by atoms with E-state index in [-0.39, 0.29) is 45.1 Å². The molecule has 0 bridgehead atoms. The van der Waals surface area contributed by atoms with Crippen LogP contribution in [0.2, 0.25) is 0 Å². The van der Waals surface area contributed by atoms with Crippen LogP contribution in [0.25, 0.3) is 44.4 Å². The van der Waals surface area contributed by atoms with Gasteiger partial charge >= 0.3 is 5.97 Å². The maximum atomic E-state index is 14.7. The summed E-state index contributed by atoms with van der Waals surface area (Å²) >= 11 is 1.20. The number of hydrogen-bond donors (Lipinski definition) is 2. The second kappa shape index (κ2) is 9.65. The van der Waals surface area contributed by atoms with Gasteiger partial charge in [-0.1, -0.05) is 18.2 Å². The van der Waals surface area contributed by atoms with Gasteiger partial charge in [-0.15, -0.1) is 11.3 Å². The maximum Gasteiger partial charge on any atom is 0.348 e. The van der Waals surface area contributed by atoms with Crippen molar-refractivity contribution in [2.24, 2.45) is 0 Å². The summed E-state index contributed by atoms with van der Waals surface area (Å²) in [6.07, 6.45) is 0. The number of carbonyl (C=O) groups is 1. The fourth-order valence-corrected chi connectivity index (χ4v) is 5.42. The second-order valence-corrected chi connectivity index (χ2v) is 9.88. The fourth-order valence-electron chi connectivity index (χ4n) is 4.60. The van der Waals surface area contributed by atoms with Crippen molar-refractivity contribution >= 4 is 45.1 Å². The van der Waals surface area contributed by atoms with E-state index >= 15 is 0 Å². The van der Waals surface area contributed by atoms with Gasteiger partial charge < -0.3 is 14.9 Å². The Hall–Kier alpha value is -4.97. The van der Waals surface area contributed by atoms with Crippen LogP contribution in [0.3, 0.4) is 0 Å². The van der Waals surface area contributed by atoms with E-state index in [9.17, 15) is 18.4 Å². The van der Waals surface area contributed by atoms with E-state index in [2.05, 4.69) is 20.2 Å². The van der Waals surface area contributed by atoms with E-state index in [0.29, 0.717) is 21.5 Å². The highest BCUT2D eigenvalue weighted by molar-refractivity contribution is 7.12. The van der Waals surface area contributed by atoms with Crippen molar-refractivity contribution in [3.05, 3.63) is 92.2 Å². The first-order chi connectivity index (χ1) is 19.3. The van der Waals surface area contributed by atoms with Crippen molar-refractivity contribution in [1.29, 1.82) is 0 Å². The predicted molar refractivity (Wildman–Crippen MR) is 146 cm³/mol. The van der Waals surface area contributed by atoms with Crippen LogP contribution in [0.1, 0.15) is 34.1 Å². The van der Waals surface area contributed by atoms with E-state index in [1.54, 1.807) is 24.4 Å². The molecule has 0 aliphatic rings. The van der Waals surface area contributed by atoms with Crippen LogP contribution in [-0.2, 0) is 4.74 Å². The number of benzene rings is 2. The molecule has 1 unspecified atom stereocenters. The van der Waals surface area contributed by atoms with Crippen LogP contribution in [0.5, 0.6) is 0 Å². The standard InChI is InChI=1S/C28H19F2N5O4S/c1-12(24-19(13-5-3-6-15(29)9-13)23(36)20-16(30)7-4-8-17(20)39-24)26-32-25(31)21-22(34-35-27(21)33-26)14-10-18(40-11-14)28(37)38-2/h3-12H,1-2H3,(H3,31,32,33,34,35). The van der Waals surface area contributed by atoms with Crippen LogP contribution in [0, 0.1) is 11.6 Å². The van der Waals surface area contributed by atoms with Gasteiger partial charge in [0.15, 0.2) is 5.65 Å². The Morgan fingerprint density at radius 1 is 1.10 bits per heavy atom. The number of carbonyl (C=O) groups excluding carboxylic acids is 1. The molecule has 0 fully saturated rings. The number of nitrogens with one attached hydrogen (secondary N) is 1. The third-order valence-corrected chi connectivity index (χ3v) is 7.43. The normalized spacial score (nSPS) is 12.2. The lowest BCUT2D eigenvalue weighted by molar-refractivity contribution is 0.0606. The highest BCUT2D eigenvalue weighted by Gasteiger charge is 2.27. The average Bonchev–Trinajstić information content (AvgIpc) is 3.60. The Morgan fingerprint density at radius 3 is 2.67 bits per heavy atom. The molecule has 6 aromatic rings. The van der Waals surface area contributed by atoms with Gasteiger partial charge in [-0.3, -0.25) is 9.89 Å². The van der Waals surface area contributed by atoms with Crippen molar-refractivity contribution in [3.8, 4) is 22.4 Å². The van der Waals surface area contributed by atoms with Crippen molar-refractivity contribution in [2.75, 3.05) is 12.8 Å². The Kier molecular flexibility index (Phi) is 6.11. The zero-order valence-corrected chi connectivity index (χ0v) is 21.8. The predicted octanol–water partition coefficient (Wildman–Crippen LogP) is 5.65. The van der Waals surface area contributed by atoms with Gasteiger partial charge in [0.05, 0.1) is 29.7 Å². The topological polar surface area (TPSA) is 137 Å². The number of methoxy groups -OCH3 is 1. The molecule has 0 saturated heterocycles. The van der Waals surface area contributed by atoms with E-state index in [1.807, 2.05) is 0 Å². The Balaban J connectivity index is 1.51. The van der Waals surface area contributed by atoms with Gasteiger partial charge in [-0.05, 0) is 42.8 Å². The molecule has 6 rings (SSSR count). The Morgan fingerprint density at radius 2 is 1.90 bits per heavy atom. The number of nitrogen functional groups attached to an aromatic ring is 1. The zero-order valence-electron chi connectivity index (χ0n) is 21.0. The molecule has 40 heavy (non-hydrogen) atoms. The molecule has 200 valence electrons. The van der Waals surface area contributed by atoms with Gasteiger partial charge in [0.25, 0.3) is 0 Å². The largest absolute Gasteiger partial charge is 0.465 e. The second-order valence-electron chi connectivity index (χ2n) is 8.97. The summed E-state index contributed by atoms with van der Waals surface area (Å²) in [7, 11) is 1.30. The van der Waals surface area contributed by atoms with E-state index in [4.69, 9.17) is 14.9 Å². The fraction of sp³-hybridized carbons (Fsp3) is 0.107. The average molecular weight is 560 g/mol.